The van der Waals surface area contributed by atoms with Gasteiger partial charge in [0.1, 0.15) is 11.5 Å². The predicted octanol–water partition coefficient (Wildman–Crippen LogP) is 1.56. The number of rotatable bonds is 3. The molecule has 13 heavy (non-hydrogen) atoms. The van der Waals surface area contributed by atoms with Gasteiger partial charge >= 0.3 is 5.97 Å². The van der Waals surface area contributed by atoms with Gasteiger partial charge in [-0.05, 0) is 19.9 Å². The number of esters is 1. The Morgan fingerprint density at radius 1 is 1.77 bits per heavy atom. The summed E-state index contributed by atoms with van der Waals surface area (Å²) in [6.45, 7) is 3.92. The predicted molar refractivity (Wildman–Crippen MR) is 46.9 cm³/mol. The van der Waals surface area contributed by atoms with Gasteiger partial charge in [0.25, 0.3) is 0 Å². The molecule has 0 N–H and O–H groups in total. The third-order valence-electron chi connectivity index (χ3n) is 1.32. The first-order chi connectivity index (χ1) is 6.22. The van der Waals surface area contributed by atoms with Crippen LogP contribution in [0.3, 0.4) is 0 Å². The van der Waals surface area contributed by atoms with Crippen molar-refractivity contribution in [3.05, 3.63) is 23.6 Å². The minimum atomic E-state index is -0.372. The van der Waals surface area contributed by atoms with Crippen LogP contribution in [-0.2, 0) is 9.53 Å². The zero-order valence-electron chi connectivity index (χ0n) is 7.61. The standard InChI is InChI=1S/C9H11NO3/c1-3-12-9(11)5-4-8-6-7(2)13-10-8/h4-6H,3H2,1-2H3. The van der Waals surface area contributed by atoms with Gasteiger partial charge < -0.3 is 9.26 Å². The van der Waals surface area contributed by atoms with Crippen LogP contribution in [0.2, 0.25) is 0 Å². The topological polar surface area (TPSA) is 52.3 Å². The Kier molecular flexibility index (Phi) is 3.25. The Morgan fingerprint density at radius 3 is 3.08 bits per heavy atom. The number of hydrogen-bond donors (Lipinski definition) is 0. The van der Waals surface area contributed by atoms with Crippen molar-refractivity contribution in [2.75, 3.05) is 6.61 Å². The SMILES string of the molecule is CCOC(=O)C=Cc1cc(C)on1. The average Bonchev–Trinajstić information content (AvgIpc) is 2.49. The lowest BCUT2D eigenvalue weighted by atomic mass is 10.3. The van der Waals surface area contributed by atoms with Crippen LogP contribution < -0.4 is 0 Å². The molecule has 4 nitrogen and oxygen atoms in total. The van der Waals surface area contributed by atoms with Gasteiger partial charge in [0, 0.05) is 12.1 Å². The fourth-order valence-electron chi connectivity index (χ4n) is 0.808. The third-order valence-corrected chi connectivity index (χ3v) is 1.32. The summed E-state index contributed by atoms with van der Waals surface area (Å²) in [4.78, 5) is 10.9. The van der Waals surface area contributed by atoms with Crippen molar-refractivity contribution in [3.63, 3.8) is 0 Å². The highest BCUT2D eigenvalue weighted by atomic mass is 16.5. The molecular formula is C9H11NO3. The van der Waals surface area contributed by atoms with Crippen molar-refractivity contribution in [1.82, 2.24) is 5.16 Å². The van der Waals surface area contributed by atoms with Crippen LogP contribution in [-0.4, -0.2) is 17.7 Å². The van der Waals surface area contributed by atoms with Crippen LogP contribution in [0.1, 0.15) is 18.4 Å². The molecule has 0 saturated heterocycles. The van der Waals surface area contributed by atoms with Gasteiger partial charge in [0.15, 0.2) is 0 Å². The number of nitrogens with zero attached hydrogens (tertiary/aromatic N) is 1. The number of ether oxygens (including phenoxy) is 1. The van der Waals surface area contributed by atoms with Gasteiger partial charge in [0.05, 0.1) is 6.61 Å². The Hall–Kier alpha value is -1.58. The number of hydrogen-bond acceptors (Lipinski definition) is 4. The van der Waals surface area contributed by atoms with E-state index in [2.05, 4.69) is 9.89 Å². The largest absolute Gasteiger partial charge is 0.463 e. The summed E-state index contributed by atoms with van der Waals surface area (Å²) in [5, 5.41) is 3.68. The Balaban J connectivity index is 2.53. The lowest BCUT2D eigenvalue weighted by Gasteiger charge is -1.92. The van der Waals surface area contributed by atoms with E-state index in [1.165, 1.54) is 6.08 Å². The Labute approximate surface area is 76.2 Å². The normalized spacial score (nSPS) is 10.6. The lowest BCUT2D eigenvalue weighted by Crippen LogP contribution is -1.98. The number of carbonyl (C=O) groups excluding carboxylic acids is 1. The fraction of sp³-hybridized carbons (Fsp3) is 0.333. The Bertz CT molecular complexity index is 314. The van der Waals surface area contributed by atoms with Crippen molar-refractivity contribution < 1.29 is 14.1 Å². The van der Waals surface area contributed by atoms with Crippen molar-refractivity contribution in [2.45, 2.75) is 13.8 Å². The van der Waals surface area contributed by atoms with E-state index < -0.39 is 0 Å². The first-order valence-electron chi connectivity index (χ1n) is 4.00. The number of aryl methyl sites for hydroxylation is 1. The molecule has 1 aromatic heterocycles. The van der Waals surface area contributed by atoms with Gasteiger partial charge in [-0.1, -0.05) is 5.16 Å². The second-order valence-corrected chi connectivity index (χ2v) is 2.45. The molecule has 0 aliphatic heterocycles. The molecule has 0 aliphatic carbocycles. The monoisotopic (exact) mass is 181 g/mol. The van der Waals surface area contributed by atoms with E-state index in [1.807, 2.05) is 0 Å². The van der Waals surface area contributed by atoms with Crippen LogP contribution in [0.4, 0.5) is 0 Å². The van der Waals surface area contributed by atoms with Crippen LogP contribution >= 0.6 is 0 Å². The molecular weight excluding hydrogens is 170 g/mol. The van der Waals surface area contributed by atoms with Gasteiger partial charge in [0.2, 0.25) is 0 Å². The quantitative estimate of drug-likeness (QED) is 0.524. The highest BCUT2D eigenvalue weighted by molar-refractivity contribution is 5.86. The molecule has 0 bridgehead atoms. The average molecular weight is 181 g/mol. The molecule has 0 amide bonds. The molecule has 0 spiro atoms. The maximum atomic E-state index is 10.9. The molecule has 70 valence electrons. The van der Waals surface area contributed by atoms with E-state index in [0.29, 0.717) is 18.1 Å². The maximum absolute atomic E-state index is 10.9. The zero-order valence-corrected chi connectivity index (χ0v) is 7.61. The summed E-state index contributed by atoms with van der Waals surface area (Å²) >= 11 is 0. The van der Waals surface area contributed by atoms with Crippen molar-refractivity contribution in [2.24, 2.45) is 0 Å². The number of carbonyl (C=O) groups is 1. The van der Waals surface area contributed by atoms with Crippen LogP contribution in [0, 0.1) is 6.92 Å². The maximum Gasteiger partial charge on any atom is 0.330 e. The highest BCUT2D eigenvalue weighted by Crippen LogP contribution is 2.03. The summed E-state index contributed by atoms with van der Waals surface area (Å²) in [5.41, 5.74) is 0.616. The first kappa shape index (κ1) is 9.51. The summed E-state index contributed by atoms with van der Waals surface area (Å²) in [6.07, 6.45) is 2.87. The van der Waals surface area contributed by atoms with Gasteiger partial charge in [-0.3, -0.25) is 0 Å². The molecule has 0 saturated carbocycles. The summed E-state index contributed by atoms with van der Waals surface area (Å²) < 4.78 is 9.49. The van der Waals surface area contributed by atoms with Gasteiger partial charge in [-0.15, -0.1) is 0 Å². The molecule has 0 aromatic carbocycles. The minimum absolute atomic E-state index is 0.372. The fourth-order valence-corrected chi connectivity index (χ4v) is 0.808. The molecule has 0 atom stereocenters. The molecule has 0 aliphatic rings. The van der Waals surface area contributed by atoms with E-state index in [1.54, 1.807) is 26.0 Å². The smallest absolute Gasteiger partial charge is 0.330 e. The molecule has 1 heterocycles. The van der Waals surface area contributed by atoms with Crippen LogP contribution in [0.25, 0.3) is 6.08 Å². The van der Waals surface area contributed by atoms with Crippen LogP contribution in [0.5, 0.6) is 0 Å². The molecule has 0 radical (unpaired) electrons. The van der Waals surface area contributed by atoms with E-state index >= 15 is 0 Å². The summed E-state index contributed by atoms with van der Waals surface area (Å²) in [7, 11) is 0. The number of aromatic nitrogens is 1. The highest BCUT2D eigenvalue weighted by Gasteiger charge is 1.97. The molecule has 4 heteroatoms. The molecule has 1 aromatic rings. The van der Waals surface area contributed by atoms with E-state index in [0.717, 1.165) is 0 Å². The molecule has 1 rings (SSSR count). The summed E-state index contributed by atoms with van der Waals surface area (Å²) in [5.74, 6) is 0.340. The molecule has 0 fully saturated rings. The van der Waals surface area contributed by atoms with E-state index in [9.17, 15) is 4.79 Å². The second-order valence-electron chi connectivity index (χ2n) is 2.45. The lowest BCUT2D eigenvalue weighted by molar-refractivity contribution is -0.137. The van der Waals surface area contributed by atoms with Crippen molar-refractivity contribution in [1.29, 1.82) is 0 Å². The summed E-state index contributed by atoms with van der Waals surface area (Å²) in [6, 6.07) is 1.73. The van der Waals surface area contributed by atoms with Gasteiger partial charge in [-0.2, -0.15) is 0 Å². The minimum Gasteiger partial charge on any atom is -0.463 e. The van der Waals surface area contributed by atoms with E-state index in [4.69, 9.17) is 4.52 Å². The van der Waals surface area contributed by atoms with Gasteiger partial charge in [-0.25, -0.2) is 4.79 Å². The van der Waals surface area contributed by atoms with Crippen molar-refractivity contribution in [3.8, 4) is 0 Å². The van der Waals surface area contributed by atoms with E-state index in [-0.39, 0.29) is 5.97 Å². The Morgan fingerprint density at radius 2 is 2.54 bits per heavy atom. The van der Waals surface area contributed by atoms with Crippen molar-refractivity contribution >= 4 is 12.0 Å². The third kappa shape index (κ3) is 3.11. The van der Waals surface area contributed by atoms with Crippen LogP contribution in [0.15, 0.2) is 16.7 Å². The second kappa shape index (κ2) is 4.45. The first-order valence-corrected chi connectivity index (χ1v) is 4.00. The zero-order chi connectivity index (χ0) is 9.68. The molecule has 0 unspecified atom stereocenters.